The summed E-state index contributed by atoms with van der Waals surface area (Å²) in [6.45, 7) is 0.487. The third-order valence-corrected chi connectivity index (χ3v) is 2.65. The number of rotatable bonds is 4. The van der Waals surface area contributed by atoms with Crippen molar-refractivity contribution in [1.29, 1.82) is 0 Å². The van der Waals surface area contributed by atoms with Crippen molar-refractivity contribution in [3.8, 4) is 0 Å². The highest BCUT2D eigenvalue weighted by Crippen LogP contribution is 2.21. The minimum Gasteiger partial charge on any atom is -0.476 e. The first kappa shape index (κ1) is 13.1. The van der Waals surface area contributed by atoms with E-state index in [9.17, 15) is 4.79 Å². The summed E-state index contributed by atoms with van der Waals surface area (Å²) in [5, 5.41) is 11.8. The fourth-order valence-electron chi connectivity index (χ4n) is 1.48. The Morgan fingerprint density at radius 2 is 2.00 bits per heavy atom. The van der Waals surface area contributed by atoms with Crippen LogP contribution < -0.4 is 11.1 Å². The summed E-state index contributed by atoms with van der Waals surface area (Å²) in [7, 11) is 0. The average molecular weight is 279 g/mol. The molecule has 1 aromatic carbocycles. The lowest BCUT2D eigenvalue weighted by molar-refractivity contribution is 0.0691. The zero-order valence-corrected chi connectivity index (χ0v) is 10.6. The Morgan fingerprint density at radius 1 is 1.32 bits per heavy atom. The maximum atomic E-state index is 10.8. The van der Waals surface area contributed by atoms with E-state index in [4.69, 9.17) is 22.4 Å². The van der Waals surface area contributed by atoms with Crippen LogP contribution in [0.25, 0.3) is 0 Å². The van der Waals surface area contributed by atoms with Crippen molar-refractivity contribution < 1.29 is 9.90 Å². The van der Waals surface area contributed by atoms with E-state index in [1.165, 1.54) is 0 Å². The lowest BCUT2D eigenvalue weighted by atomic mass is 10.2. The molecule has 1 aromatic heterocycles. The van der Waals surface area contributed by atoms with Gasteiger partial charge in [-0.2, -0.15) is 0 Å². The number of hydrogen-bond acceptors (Lipinski definition) is 5. The Hall–Kier alpha value is -2.34. The number of benzene rings is 1. The Bertz CT molecular complexity index is 604. The second kappa shape index (κ2) is 5.53. The normalized spacial score (nSPS) is 10.2. The molecule has 1 heterocycles. The first-order chi connectivity index (χ1) is 9.08. The van der Waals surface area contributed by atoms with Gasteiger partial charge < -0.3 is 16.2 Å². The number of nitrogen functional groups attached to an aromatic ring is 1. The van der Waals surface area contributed by atoms with Crippen LogP contribution in [0.5, 0.6) is 0 Å². The van der Waals surface area contributed by atoms with Crippen molar-refractivity contribution in [2.45, 2.75) is 6.54 Å². The van der Waals surface area contributed by atoms with E-state index in [1.54, 1.807) is 0 Å². The number of aromatic nitrogens is 2. The molecule has 2 rings (SSSR count). The molecule has 2 aromatic rings. The highest BCUT2D eigenvalue weighted by Gasteiger charge is 2.15. The Morgan fingerprint density at radius 3 is 2.63 bits per heavy atom. The number of nitrogens with zero attached hydrogens (tertiary/aromatic N) is 2. The number of carbonyl (C=O) groups is 1. The van der Waals surface area contributed by atoms with Crippen molar-refractivity contribution in [3.05, 3.63) is 46.7 Å². The largest absolute Gasteiger partial charge is 0.476 e. The van der Waals surface area contributed by atoms with E-state index in [0.29, 0.717) is 6.54 Å². The van der Waals surface area contributed by atoms with Gasteiger partial charge >= 0.3 is 5.97 Å². The second-order valence-electron chi connectivity index (χ2n) is 3.74. The van der Waals surface area contributed by atoms with E-state index in [2.05, 4.69) is 15.3 Å². The smallest absolute Gasteiger partial charge is 0.358 e. The van der Waals surface area contributed by atoms with Crippen LogP contribution in [-0.4, -0.2) is 21.0 Å². The van der Waals surface area contributed by atoms with Gasteiger partial charge in [0.2, 0.25) is 0 Å². The molecule has 0 fully saturated rings. The van der Waals surface area contributed by atoms with Crippen LogP contribution in [0.2, 0.25) is 5.15 Å². The summed E-state index contributed by atoms with van der Waals surface area (Å²) in [6, 6.07) is 9.60. The van der Waals surface area contributed by atoms with Gasteiger partial charge in [-0.1, -0.05) is 41.9 Å². The number of carboxylic acids is 1. The van der Waals surface area contributed by atoms with Crippen LogP contribution in [0, 0.1) is 0 Å². The highest BCUT2D eigenvalue weighted by atomic mass is 35.5. The third kappa shape index (κ3) is 3.11. The molecular formula is C12H11ClN4O2. The van der Waals surface area contributed by atoms with Crippen LogP contribution in [-0.2, 0) is 6.54 Å². The zero-order valence-electron chi connectivity index (χ0n) is 9.80. The molecule has 6 nitrogen and oxygen atoms in total. The third-order valence-electron chi connectivity index (χ3n) is 2.39. The molecule has 0 unspecified atom stereocenters. The zero-order chi connectivity index (χ0) is 13.8. The van der Waals surface area contributed by atoms with Crippen molar-refractivity contribution in [2.24, 2.45) is 0 Å². The van der Waals surface area contributed by atoms with Gasteiger partial charge in [-0.15, -0.1) is 0 Å². The highest BCUT2D eigenvalue weighted by molar-refractivity contribution is 6.31. The number of halogens is 1. The Kier molecular flexibility index (Phi) is 3.82. The molecule has 0 aliphatic carbocycles. The number of nitrogens with two attached hydrogens (primary N) is 1. The second-order valence-corrected chi connectivity index (χ2v) is 4.10. The number of hydrogen-bond donors (Lipinski definition) is 3. The molecule has 0 spiro atoms. The van der Waals surface area contributed by atoms with E-state index in [0.717, 1.165) is 5.56 Å². The predicted octanol–water partition coefficient (Wildman–Crippen LogP) is 2.02. The van der Waals surface area contributed by atoms with Crippen molar-refractivity contribution in [2.75, 3.05) is 11.1 Å². The molecule has 0 bridgehead atoms. The topological polar surface area (TPSA) is 101 Å². The van der Waals surface area contributed by atoms with Crippen LogP contribution >= 0.6 is 11.6 Å². The lowest BCUT2D eigenvalue weighted by Gasteiger charge is -2.09. The van der Waals surface area contributed by atoms with Gasteiger partial charge in [-0.05, 0) is 5.56 Å². The average Bonchev–Trinajstić information content (AvgIpc) is 2.40. The number of carboxylic acid groups (broad SMARTS) is 1. The van der Waals surface area contributed by atoms with Gasteiger partial charge in [0.15, 0.2) is 22.5 Å². The fourth-order valence-corrected chi connectivity index (χ4v) is 1.67. The molecule has 0 saturated carbocycles. The van der Waals surface area contributed by atoms with Crippen molar-refractivity contribution >= 4 is 29.2 Å². The fraction of sp³-hybridized carbons (Fsp3) is 0.0833. The standard InChI is InChI=1S/C12H11ClN4O2/c13-9-11(15-6-7-4-2-1-3-5-7)17-10(14)8(16-9)12(18)19/h1-5H,6H2,(H,18,19)(H3,14,15,17). The summed E-state index contributed by atoms with van der Waals surface area (Å²) in [4.78, 5) is 18.4. The molecule has 0 aliphatic heterocycles. The summed E-state index contributed by atoms with van der Waals surface area (Å²) >= 11 is 5.86. The van der Waals surface area contributed by atoms with Crippen molar-refractivity contribution in [1.82, 2.24) is 9.97 Å². The molecule has 7 heteroatoms. The first-order valence-corrected chi connectivity index (χ1v) is 5.80. The van der Waals surface area contributed by atoms with E-state index >= 15 is 0 Å². The Balaban J connectivity index is 2.17. The van der Waals surface area contributed by atoms with Gasteiger partial charge in [0.1, 0.15) is 0 Å². The first-order valence-electron chi connectivity index (χ1n) is 5.42. The number of aromatic carboxylic acids is 1. The summed E-state index contributed by atoms with van der Waals surface area (Å²) in [5.74, 6) is -1.18. The molecule has 0 saturated heterocycles. The maximum Gasteiger partial charge on any atom is 0.358 e. The minimum atomic E-state index is -1.26. The molecule has 0 atom stereocenters. The van der Waals surface area contributed by atoms with Crippen molar-refractivity contribution in [3.63, 3.8) is 0 Å². The number of anilines is 2. The monoisotopic (exact) mass is 278 g/mol. The summed E-state index contributed by atoms with van der Waals surface area (Å²) < 4.78 is 0. The SMILES string of the molecule is Nc1nc(NCc2ccccc2)c(Cl)nc1C(=O)O. The van der Waals surface area contributed by atoms with Gasteiger partial charge in [0, 0.05) is 6.54 Å². The van der Waals surface area contributed by atoms with E-state index < -0.39 is 5.97 Å². The lowest BCUT2D eigenvalue weighted by Crippen LogP contribution is -2.11. The molecule has 0 radical (unpaired) electrons. The molecule has 98 valence electrons. The van der Waals surface area contributed by atoms with E-state index in [1.807, 2.05) is 30.3 Å². The van der Waals surface area contributed by atoms with Gasteiger partial charge in [0.25, 0.3) is 0 Å². The quantitative estimate of drug-likeness (QED) is 0.791. The minimum absolute atomic E-state index is 0.0254. The molecular weight excluding hydrogens is 268 g/mol. The molecule has 0 aliphatic rings. The van der Waals surface area contributed by atoms with Gasteiger partial charge in [-0.3, -0.25) is 0 Å². The van der Waals surface area contributed by atoms with Crippen LogP contribution in [0.15, 0.2) is 30.3 Å². The van der Waals surface area contributed by atoms with Crippen LogP contribution in [0.4, 0.5) is 11.6 Å². The number of nitrogens with one attached hydrogen (secondary N) is 1. The van der Waals surface area contributed by atoms with Gasteiger partial charge in [0.05, 0.1) is 0 Å². The Labute approximate surface area is 114 Å². The molecule has 0 amide bonds. The van der Waals surface area contributed by atoms with E-state index in [-0.39, 0.29) is 22.5 Å². The molecule has 4 N–H and O–H groups in total. The van der Waals surface area contributed by atoms with Crippen LogP contribution in [0.1, 0.15) is 16.1 Å². The molecule has 19 heavy (non-hydrogen) atoms. The maximum absolute atomic E-state index is 10.8. The summed E-state index contributed by atoms with van der Waals surface area (Å²) in [6.07, 6.45) is 0. The van der Waals surface area contributed by atoms with Crippen LogP contribution in [0.3, 0.4) is 0 Å². The predicted molar refractivity (Wildman–Crippen MR) is 72.2 cm³/mol. The summed E-state index contributed by atoms with van der Waals surface area (Å²) in [5.41, 5.74) is 6.18. The van der Waals surface area contributed by atoms with Gasteiger partial charge in [-0.25, -0.2) is 14.8 Å².